The van der Waals surface area contributed by atoms with Crippen LogP contribution in [-0.4, -0.2) is 228 Å². The maximum absolute atomic E-state index is 8.33. The van der Waals surface area contributed by atoms with E-state index in [0.717, 1.165) is 0 Å². The molecule has 0 aromatic rings. The van der Waals surface area contributed by atoms with E-state index < -0.39 is 43.1 Å². The van der Waals surface area contributed by atoms with Gasteiger partial charge in [0.2, 0.25) is 0 Å². The summed E-state index contributed by atoms with van der Waals surface area (Å²) in [5.74, 6) is 0. The molecule has 0 saturated heterocycles. The number of carbonyl (C=O) groups is 7. The van der Waals surface area contributed by atoms with Crippen LogP contribution in [0.5, 0.6) is 0 Å². The van der Waals surface area contributed by atoms with Gasteiger partial charge in [-0.15, -0.1) is 0 Å². The molecule has 0 spiro atoms. The van der Waals surface area contributed by atoms with Crippen LogP contribution in [0.4, 0.5) is 33.6 Å². The summed E-state index contributed by atoms with van der Waals surface area (Å²) in [6.07, 6.45) is -16.3. The molecule has 0 aliphatic carbocycles. The fourth-order valence-corrected chi connectivity index (χ4v) is 0. The summed E-state index contributed by atoms with van der Waals surface area (Å²) in [7, 11) is 0. The van der Waals surface area contributed by atoms with Crippen LogP contribution in [0.2, 0.25) is 0 Å². The largest absolute Gasteiger partial charge is 3.00 e. The zero-order valence-electron chi connectivity index (χ0n) is 20.0. The van der Waals surface area contributed by atoms with E-state index >= 15 is 0 Å². The number of carboxylic acid groups (broad SMARTS) is 14. The van der Waals surface area contributed by atoms with Gasteiger partial charge in [-0.05, 0) is 43.1 Å². The normalized spacial score (nSPS) is 3.82. The molecular formula is C7H7Ba3Cu3O28Y3. The minimum atomic E-state index is -2.33. The Hall–Kier alpha value is 4.19. The Morgan fingerprint density at radius 2 is 0.227 bits per heavy atom. The van der Waals surface area contributed by atoms with Gasteiger partial charge in [0.25, 0.3) is 0 Å². The Morgan fingerprint density at radius 1 is 0.227 bits per heavy atom. The summed E-state index contributed by atoms with van der Waals surface area (Å²) in [4.78, 5) is 58.3. The van der Waals surface area contributed by atoms with Gasteiger partial charge in [-0.25, -0.2) is 0 Å². The van der Waals surface area contributed by atoms with Crippen molar-refractivity contribution in [1.82, 2.24) is 0 Å². The van der Waals surface area contributed by atoms with Crippen LogP contribution in [-0.2, 0) is 149 Å². The molecule has 251 valence electrons. The van der Waals surface area contributed by atoms with Crippen LogP contribution in [0, 0.1) is 0 Å². The van der Waals surface area contributed by atoms with E-state index in [-0.39, 0.29) is 334 Å². The summed E-state index contributed by atoms with van der Waals surface area (Å²) in [6.45, 7) is 0. The summed E-state index contributed by atoms with van der Waals surface area (Å²) < 4.78 is 0. The van der Waals surface area contributed by atoms with E-state index in [1.807, 2.05) is 0 Å². The van der Waals surface area contributed by atoms with Crippen molar-refractivity contribution in [2.45, 2.75) is 0 Å². The minimum absolute atomic E-state index is 0. The average Bonchev–Trinajstić information content (AvgIpc) is 2.20. The standard InChI is InChI=1S/7CH2O3.3Ba.3Cu.7H2O.3Y/c7*2-1(3)4;;;;;;;;;;;;;;;;/h7*(H2,2,3,4);;;;;;;7*1H2;;;/q;;;;;;;6*+2;;;;;;;;3*+3/p-21. The molecule has 0 atom stereocenters. The average molecular weight is 1410 g/mol. The first kappa shape index (κ1) is 169. The van der Waals surface area contributed by atoms with Crippen molar-refractivity contribution in [3.63, 3.8) is 0 Å². The predicted molar refractivity (Wildman–Crippen MR) is 68.6 cm³/mol. The number of rotatable bonds is 0. The number of hydrogen-bond acceptors (Lipinski definition) is 28. The second-order valence-electron chi connectivity index (χ2n) is 1.75. The maximum atomic E-state index is 8.33. The third-order valence-corrected chi connectivity index (χ3v) is 0. The quantitative estimate of drug-likeness (QED) is 0.203. The molecule has 0 aliphatic rings. The van der Waals surface area contributed by atoms with Gasteiger partial charge in [0.05, 0.1) is 0 Å². The Bertz CT molecular complexity index is 351. The molecule has 0 bridgehead atoms. The zero-order chi connectivity index (χ0) is 25.0. The van der Waals surface area contributed by atoms with E-state index in [4.69, 9.17) is 105 Å². The maximum Gasteiger partial charge on any atom is 3.00 e. The molecule has 3 radical (unpaired) electrons. The molecular weight excluding hydrogens is 1400 g/mol. The van der Waals surface area contributed by atoms with Crippen LogP contribution < -0.4 is 71.5 Å². The number of hydrogen-bond donors (Lipinski definition) is 0. The van der Waals surface area contributed by atoms with E-state index in [1.54, 1.807) is 0 Å². The number of carbonyl (C=O) groups excluding carboxylic acids is 7. The van der Waals surface area contributed by atoms with Gasteiger partial charge in [0.1, 0.15) is 0 Å². The molecule has 0 saturated carbocycles. The van der Waals surface area contributed by atoms with Gasteiger partial charge in [-0.3, -0.25) is 0 Å². The fraction of sp³-hybridized carbons (Fsp3) is 0. The van der Waals surface area contributed by atoms with Crippen LogP contribution in [0.1, 0.15) is 0 Å². The van der Waals surface area contributed by atoms with Crippen molar-refractivity contribution in [2.24, 2.45) is 0 Å². The molecule has 37 heteroatoms. The molecule has 44 heavy (non-hydrogen) atoms. The molecule has 0 aliphatic heterocycles. The molecule has 7 N–H and O–H groups in total. The smallest absolute Gasteiger partial charge is 0.870 e. The summed E-state index contributed by atoms with van der Waals surface area (Å²) >= 11 is 0. The van der Waals surface area contributed by atoms with Gasteiger partial charge in [-0.2, -0.15) is 0 Å². The van der Waals surface area contributed by atoms with Gasteiger partial charge in [-0.1, -0.05) is 0 Å². The Kier molecular flexibility index (Phi) is 610. The summed E-state index contributed by atoms with van der Waals surface area (Å²) in [5.41, 5.74) is 0. The van der Waals surface area contributed by atoms with E-state index in [2.05, 4.69) is 0 Å². The van der Waals surface area contributed by atoms with Crippen LogP contribution in [0.25, 0.3) is 0 Å². The fourth-order valence-electron chi connectivity index (χ4n) is 0. The second kappa shape index (κ2) is 159. The van der Waals surface area contributed by atoms with Gasteiger partial charge >= 0.3 is 296 Å². The van der Waals surface area contributed by atoms with E-state index in [1.165, 1.54) is 0 Å². The first-order valence-electron chi connectivity index (χ1n) is 4.29. The van der Waals surface area contributed by atoms with Crippen LogP contribution >= 0.6 is 0 Å². The van der Waals surface area contributed by atoms with Crippen LogP contribution in [0.3, 0.4) is 0 Å². The van der Waals surface area contributed by atoms with Crippen molar-refractivity contribution < 1.29 is 293 Å². The molecule has 0 amide bonds. The molecule has 0 heterocycles. The topological polar surface area (TPSA) is 652 Å². The van der Waals surface area contributed by atoms with Gasteiger partial charge < -0.3 is 143 Å². The van der Waals surface area contributed by atoms with Crippen molar-refractivity contribution in [3.05, 3.63) is 0 Å². The third-order valence-electron chi connectivity index (χ3n) is 0. The molecule has 0 rings (SSSR count). The van der Waals surface area contributed by atoms with Crippen molar-refractivity contribution in [1.29, 1.82) is 0 Å². The van der Waals surface area contributed by atoms with Gasteiger partial charge in [0, 0.05) is 0 Å². The Labute approximate surface area is 471 Å². The summed E-state index contributed by atoms with van der Waals surface area (Å²) in [6, 6.07) is 0. The minimum Gasteiger partial charge on any atom is -0.870 e. The SMILES string of the molecule is O=C([O-])[O-].O=C([O-])[O-].O=C([O-])[O-].O=C([O-])[O-].O=C([O-])[O-].O=C([O-])[O-].O=C([O-])[O-].[Ba+2].[Ba+2].[Ba+2].[Cu+2].[Cu+2].[Cu+2].[OH-].[OH-].[OH-].[OH-].[OH-].[OH-].[OH-].[Y+3].[Y+3].[Y+3]. The second-order valence-corrected chi connectivity index (χ2v) is 1.75. The van der Waals surface area contributed by atoms with Crippen molar-refractivity contribution in [3.8, 4) is 0 Å². The Balaban J connectivity index is -0.00000000525. The van der Waals surface area contributed by atoms with E-state index in [0.29, 0.717) is 0 Å². The molecule has 0 aromatic heterocycles. The van der Waals surface area contributed by atoms with Gasteiger partial charge in [0.15, 0.2) is 0 Å². The molecule has 28 nitrogen and oxygen atoms in total. The molecule has 0 unspecified atom stereocenters. The molecule has 0 fully saturated rings. The molecule has 0 aromatic carbocycles. The predicted octanol–water partition coefficient (Wildman–Crippen LogP) is -19.5. The first-order valence-corrected chi connectivity index (χ1v) is 4.29. The summed E-state index contributed by atoms with van der Waals surface area (Å²) in [5, 5.41) is 117. The van der Waals surface area contributed by atoms with Crippen molar-refractivity contribution >= 4 is 190 Å². The van der Waals surface area contributed by atoms with E-state index in [9.17, 15) is 0 Å². The Morgan fingerprint density at radius 3 is 0.227 bits per heavy atom. The first-order chi connectivity index (χ1) is 12.1. The zero-order valence-corrected chi connectivity index (χ0v) is 44.6. The third kappa shape index (κ3) is 5360. The monoisotopic (exact) mass is 1410 g/mol. The van der Waals surface area contributed by atoms with Crippen molar-refractivity contribution in [2.75, 3.05) is 0 Å². The van der Waals surface area contributed by atoms with Crippen LogP contribution in [0.15, 0.2) is 0 Å².